The highest BCUT2D eigenvalue weighted by Gasteiger charge is 2.31. The molecule has 0 saturated carbocycles. The maximum Gasteiger partial charge on any atom is 0.144 e. The number of aryl methyl sites for hydroxylation is 2. The van der Waals surface area contributed by atoms with Gasteiger partial charge >= 0.3 is 0 Å². The van der Waals surface area contributed by atoms with Crippen molar-refractivity contribution in [2.45, 2.75) is 45.6 Å². The largest absolute Gasteiger partial charge is 0.314 e. The lowest BCUT2D eigenvalue weighted by atomic mass is 9.87. The summed E-state index contributed by atoms with van der Waals surface area (Å²) in [5.41, 5.74) is 2.06. The van der Waals surface area contributed by atoms with Crippen molar-refractivity contribution in [2.24, 2.45) is 0 Å². The molecule has 0 atom stereocenters. The van der Waals surface area contributed by atoms with E-state index in [1.54, 1.807) is 0 Å². The van der Waals surface area contributed by atoms with Gasteiger partial charge in [-0.05, 0) is 38.0 Å². The number of benzene rings is 1. The van der Waals surface area contributed by atoms with E-state index in [0.717, 1.165) is 36.7 Å². The van der Waals surface area contributed by atoms with Gasteiger partial charge in [-0.25, -0.2) is 0 Å². The standard InChI is InChI=1S/C20H24N4/c1-4-18-22-23-19(20(2,3)17-12-8-9-14-21-17)24(18)15-13-16-10-6-5-7-11-16/h5-12,14H,4,13,15H2,1-3H3. The number of rotatable bonds is 6. The molecule has 0 aliphatic carbocycles. The van der Waals surface area contributed by atoms with Crippen LogP contribution in [-0.4, -0.2) is 19.7 Å². The van der Waals surface area contributed by atoms with Gasteiger partial charge in [0, 0.05) is 19.2 Å². The Labute approximate surface area is 143 Å². The highest BCUT2D eigenvalue weighted by molar-refractivity contribution is 5.25. The quantitative estimate of drug-likeness (QED) is 0.694. The van der Waals surface area contributed by atoms with Gasteiger partial charge in [0.05, 0.1) is 11.1 Å². The summed E-state index contributed by atoms with van der Waals surface area (Å²) in [6, 6.07) is 16.6. The molecule has 0 aliphatic heterocycles. The Bertz CT molecular complexity index is 776. The highest BCUT2D eigenvalue weighted by Crippen LogP contribution is 2.29. The van der Waals surface area contributed by atoms with Crippen LogP contribution in [0.3, 0.4) is 0 Å². The molecule has 0 aliphatic rings. The molecule has 2 aromatic heterocycles. The highest BCUT2D eigenvalue weighted by atomic mass is 15.3. The molecular formula is C20H24N4. The smallest absolute Gasteiger partial charge is 0.144 e. The first-order valence-electron chi connectivity index (χ1n) is 8.51. The van der Waals surface area contributed by atoms with Crippen LogP contribution in [0, 0.1) is 0 Å². The number of hydrogen-bond donors (Lipinski definition) is 0. The van der Waals surface area contributed by atoms with Gasteiger partial charge in [0.1, 0.15) is 11.6 Å². The minimum absolute atomic E-state index is 0.279. The van der Waals surface area contributed by atoms with E-state index < -0.39 is 0 Å². The normalized spacial score (nSPS) is 11.6. The minimum atomic E-state index is -0.279. The Balaban J connectivity index is 1.93. The Morgan fingerprint density at radius 2 is 1.71 bits per heavy atom. The summed E-state index contributed by atoms with van der Waals surface area (Å²) < 4.78 is 2.27. The number of pyridine rings is 1. The number of hydrogen-bond acceptors (Lipinski definition) is 3. The Morgan fingerprint density at radius 3 is 2.38 bits per heavy atom. The molecule has 0 bridgehead atoms. The maximum absolute atomic E-state index is 4.54. The van der Waals surface area contributed by atoms with E-state index in [2.05, 4.69) is 76.9 Å². The molecule has 4 nitrogen and oxygen atoms in total. The van der Waals surface area contributed by atoms with Gasteiger partial charge in [-0.3, -0.25) is 4.98 Å². The monoisotopic (exact) mass is 320 g/mol. The Morgan fingerprint density at radius 1 is 0.958 bits per heavy atom. The van der Waals surface area contributed by atoms with Gasteiger partial charge in [-0.1, -0.05) is 43.3 Å². The predicted octanol–water partition coefficient (Wildman–Crippen LogP) is 3.80. The van der Waals surface area contributed by atoms with Crippen molar-refractivity contribution in [3.8, 4) is 0 Å². The summed E-state index contributed by atoms with van der Waals surface area (Å²) in [5.74, 6) is 2.01. The third kappa shape index (κ3) is 3.23. The van der Waals surface area contributed by atoms with E-state index >= 15 is 0 Å². The summed E-state index contributed by atoms with van der Waals surface area (Å²) in [5, 5.41) is 8.94. The fraction of sp³-hybridized carbons (Fsp3) is 0.350. The second-order valence-electron chi connectivity index (χ2n) is 6.52. The molecule has 0 N–H and O–H groups in total. The lowest BCUT2D eigenvalue weighted by Crippen LogP contribution is -2.26. The van der Waals surface area contributed by atoms with Crippen LogP contribution in [0.15, 0.2) is 54.7 Å². The topological polar surface area (TPSA) is 43.6 Å². The molecule has 4 heteroatoms. The van der Waals surface area contributed by atoms with Crippen molar-refractivity contribution in [1.82, 2.24) is 19.7 Å². The van der Waals surface area contributed by atoms with Crippen LogP contribution in [0.25, 0.3) is 0 Å². The summed E-state index contributed by atoms with van der Waals surface area (Å²) >= 11 is 0. The number of nitrogens with zero attached hydrogens (tertiary/aromatic N) is 4. The Hall–Kier alpha value is -2.49. The minimum Gasteiger partial charge on any atom is -0.314 e. The van der Waals surface area contributed by atoms with Crippen LogP contribution in [0.1, 0.15) is 43.7 Å². The van der Waals surface area contributed by atoms with E-state index in [1.165, 1.54) is 5.56 Å². The average Bonchev–Trinajstić information content (AvgIpc) is 3.05. The summed E-state index contributed by atoms with van der Waals surface area (Å²) in [6.45, 7) is 7.34. The van der Waals surface area contributed by atoms with Crippen molar-refractivity contribution < 1.29 is 0 Å². The molecule has 24 heavy (non-hydrogen) atoms. The second-order valence-corrected chi connectivity index (χ2v) is 6.52. The zero-order chi connectivity index (χ0) is 17.0. The van der Waals surface area contributed by atoms with Gasteiger partial charge in [0.2, 0.25) is 0 Å². The fourth-order valence-corrected chi connectivity index (χ4v) is 3.03. The molecule has 3 aromatic rings. The fourth-order valence-electron chi connectivity index (χ4n) is 3.03. The van der Waals surface area contributed by atoms with Crippen LogP contribution in [-0.2, 0) is 24.8 Å². The van der Waals surface area contributed by atoms with Crippen LogP contribution in [0.4, 0.5) is 0 Å². The molecule has 2 heterocycles. The summed E-state index contributed by atoms with van der Waals surface area (Å²) in [4.78, 5) is 4.54. The first-order valence-corrected chi connectivity index (χ1v) is 8.51. The van der Waals surface area contributed by atoms with Gasteiger partial charge in [-0.2, -0.15) is 0 Å². The van der Waals surface area contributed by atoms with Crippen molar-refractivity contribution >= 4 is 0 Å². The van der Waals surface area contributed by atoms with Crippen LogP contribution in [0.2, 0.25) is 0 Å². The van der Waals surface area contributed by atoms with E-state index in [-0.39, 0.29) is 5.41 Å². The first kappa shape index (κ1) is 16.4. The maximum atomic E-state index is 4.54. The Kier molecular flexibility index (Phi) is 4.74. The molecule has 0 saturated heterocycles. The molecule has 0 unspecified atom stereocenters. The van der Waals surface area contributed by atoms with E-state index in [9.17, 15) is 0 Å². The van der Waals surface area contributed by atoms with Crippen LogP contribution in [0.5, 0.6) is 0 Å². The molecule has 0 spiro atoms. The van der Waals surface area contributed by atoms with E-state index in [0.29, 0.717) is 0 Å². The van der Waals surface area contributed by atoms with Crippen LogP contribution >= 0.6 is 0 Å². The molecule has 124 valence electrons. The molecule has 1 aromatic carbocycles. The van der Waals surface area contributed by atoms with Crippen molar-refractivity contribution in [3.63, 3.8) is 0 Å². The second kappa shape index (κ2) is 6.95. The molecular weight excluding hydrogens is 296 g/mol. The lowest BCUT2D eigenvalue weighted by Gasteiger charge is -2.24. The third-order valence-electron chi connectivity index (χ3n) is 4.47. The lowest BCUT2D eigenvalue weighted by molar-refractivity contribution is 0.510. The predicted molar refractivity (Wildman–Crippen MR) is 95.9 cm³/mol. The van der Waals surface area contributed by atoms with Gasteiger partial charge in [0.25, 0.3) is 0 Å². The van der Waals surface area contributed by atoms with Crippen LogP contribution < -0.4 is 0 Å². The van der Waals surface area contributed by atoms with Crippen molar-refractivity contribution in [1.29, 1.82) is 0 Å². The van der Waals surface area contributed by atoms with Gasteiger partial charge in [-0.15, -0.1) is 10.2 Å². The SMILES string of the molecule is CCc1nnc(C(C)(C)c2ccccn2)n1CCc1ccccc1. The van der Waals surface area contributed by atoms with Crippen molar-refractivity contribution in [2.75, 3.05) is 0 Å². The molecule has 0 fully saturated rings. The first-order chi connectivity index (χ1) is 11.6. The van der Waals surface area contributed by atoms with E-state index in [4.69, 9.17) is 0 Å². The third-order valence-corrected chi connectivity index (χ3v) is 4.47. The zero-order valence-electron chi connectivity index (χ0n) is 14.6. The summed E-state index contributed by atoms with van der Waals surface area (Å²) in [7, 11) is 0. The zero-order valence-corrected chi connectivity index (χ0v) is 14.6. The molecule has 3 rings (SSSR count). The van der Waals surface area contributed by atoms with Gasteiger partial charge in [0.15, 0.2) is 0 Å². The van der Waals surface area contributed by atoms with Gasteiger partial charge < -0.3 is 4.57 Å². The molecule has 0 radical (unpaired) electrons. The molecule has 0 amide bonds. The average molecular weight is 320 g/mol. The number of aromatic nitrogens is 4. The summed E-state index contributed by atoms with van der Waals surface area (Å²) in [6.07, 6.45) is 3.68. The van der Waals surface area contributed by atoms with E-state index in [1.807, 2.05) is 18.3 Å². The van der Waals surface area contributed by atoms with Crippen molar-refractivity contribution in [3.05, 3.63) is 77.6 Å².